The van der Waals surface area contributed by atoms with Gasteiger partial charge >= 0.3 is 0 Å². The van der Waals surface area contributed by atoms with Crippen LogP contribution in [0.5, 0.6) is 11.6 Å². The van der Waals surface area contributed by atoms with Crippen LogP contribution >= 0.6 is 11.6 Å². The van der Waals surface area contributed by atoms with Gasteiger partial charge in [0.1, 0.15) is 5.75 Å². The first-order chi connectivity index (χ1) is 9.56. The maximum atomic E-state index is 6.17. The van der Waals surface area contributed by atoms with Gasteiger partial charge in [-0.25, -0.2) is 4.68 Å². The van der Waals surface area contributed by atoms with E-state index in [2.05, 4.69) is 10.4 Å². The largest absolute Gasteiger partial charge is 0.497 e. The molecule has 0 unspecified atom stereocenters. The van der Waals surface area contributed by atoms with Gasteiger partial charge in [0.2, 0.25) is 5.88 Å². The van der Waals surface area contributed by atoms with Gasteiger partial charge in [-0.3, -0.25) is 0 Å². The fraction of sp³-hybridized carbons (Fsp3) is 0.357. The first-order valence-corrected chi connectivity index (χ1v) is 6.58. The van der Waals surface area contributed by atoms with E-state index in [1.807, 2.05) is 26.1 Å². The Morgan fingerprint density at radius 1 is 1.30 bits per heavy atom. The van der Waals surface area contributed by atoms with Crippen molar-refractivity contribution in [1.82, 2.24) is 9.78 Å². The number of nitrogens with one attached hydrogen (secondary N) is 1. The Balaban J connectivity index is 2.21. The van der Waals surface area contributed by atoms with Gasteiger partial charge in [0.15, 0.2) is 0 Å². The number of hydrogen-bond donors (Lipinski definition) is 1. The normalized spacial score (nSPS) is 10.4. The van der Waals surface area contributed by atoms with Crippen LogP contribution in [0.25, 0.3) is 0 Å². The van der Waals surface area contributed by atoms with Gasteiger partial charge in [0.25, 0.3) is 0 Å². The highest BCUT2D eigenvalue weighted by Crippen LogP contribution is 2.28. The lowest BCUT2D eigenvalue weighted by Crippen LogP contribution is -2.03. The molecule has 5 nitrogen and oxygen atoms in total. The van der Waals surface area contributed by atoms with E-state index in [9.17, 15) is 0 Å². The molecule has 1 aromatic carbocycles. The van der Waals surface area contributed by atoms with Crippen LogP contribution in [0.2, 0.25) is 5.02 Å². The molecule has 0 aliphatic heterocycles. The van der Waals surface area contributed by atoms with Crippen molar-refractivity contribution >= 4 is 17.3 Å². The van der Waals surface area contributed by atoms with Gasteiger partial charge in [-0.05, 0) is 19.1 Å². The SMILES string of the molecule is COc1ccc(Cl)c(NCc2c(C)nn(C)c2OC)c1. The average molecular weight is 296 g/mol. The predicted octanol–water partition coefficient (Wildman–Crippen LogP) is 3.01. The summed E-state index contributed by atoms with van der Waals surface area (Å²) >= 11 is 6.17. The number of aryl methyl sites for hydroxylation is 2. The van der Waals surface area contributed by atoms with E-state index in [1.165, 1.54) is 0 Å². The van der Waals surface area contributed by atoms with Crippen LogP contribution in [-0.4, -0.2) is 24.0 Å². The Morgan fingerprint density at radius 3 is 2.70 bits per heavy atom. The van der Waals surface area contributed by atoms with E-state index in [1.54, 1.807) is 25.0 Å². The molecule has 0 amide bonds. The Morgan fingerprint density at radius 2 is 2.05 bits per heavy atom. The van der Waals surface area contributed by atoms with Crippen LogP contribution in [0.1, 0.15) is 11.3 Å². The minimum atomic E-state index is 0.579. The van der Waals surface area contributed by atoms with E-state index < -0.39 is 0 Å². The molecular formula is C14H18ClN3O2. The van der Waals surface area contributed by atoms with Gasteiger partial charge in [-0.2, -0.15) is 5.10 Å². The molecule has 0 atom stereocenters. The summed E-state index contributed by atoms with van der Waals surface area (Å²) in [6.45, 7) is 2.53. The lowest BCUT2D eigenvalue weighted by molar-refractivity contribution is 0.370. The lowest BCUT2D eigenvalue weighted by atomic mass is 10.2. The van der Waals surface area contributed by atoms with E-state index in [-0.39, 0.29) is 0 Å². The summed E-state index contributed by atoms with van der Waals surface area (Å²) in [6, 6.07) is 5.49. The molecule has 0 fully saturated rings. The minimum absolute atomic E-state index is 0.579. The van der Waals surface area contributed by atoms with Crippen molar-refractivity contribution in [3.63, 3.8) is 0 Å². The molecule has 0 aliphatic carbocycles. The Bertz CT molecular complexity index is 611. The van der Waals surface area contributed by atoms with Crippen molar-refractivity contribution < 1.29 is 9.47 Å². The second kappa shape index (κ2) is 6.05. The zero-order chi connectivity index (χ0) is 14.7. The average Bonchev–Trinajstić information content (AvgIpc) is 2.71. The van der Waals surface area contributed by atoms with Gasteiger partial charge in [-0.15, -0.1) is 0 Å². The first-order valence-electron chi connectivity index (χ1n) is 6.20. The zero-order valence-corrected chi connectivity index (χ0v) is 12.8. The van der Waals surface area contributed by atoms with E-state index in [4.69, 9.17) is 21.1 Å². The number of methoxy groups -OCH3 is 2. The number of hydrogen-bond acceptors (Lipinski definition) is 4. The summed E-state index contributed by atoms with van der Waals surface area (Å²) < 4.78 is 12.3. The highest BCUT2D eigenvalue weighted by atomic mass is 35.5. The van der Waals surface area contributed by atoms with Crippen molar-refractivity contribution in [2.24, 2.45) is 7.05 Å². The number of anilines is 1. The molecule has 0 aliphatic rings. The number of ether oxygens (including phenoxy) is 2. The summed E-state index contributed by atoms with van der Waals surface area (Å²) in [6.07, 6.45) is 0. The highest BCUT2D eigenvalue weighted by molar-refractivity contribution is 6.33. The second-order valence-corrected chi connectivity index (χ2v) is 4.80. The maximum Gasteiger partial charge on any atom is 0.216 e. The van der Waals surface area contributed by atoms with Crippen molar-refractivity contribution in [2.45, 2.75) is 13.5 Å². The smallest absolute Gasteiger partial charge is 0.216 e. The number of aromatic nitrogens is 2. The molecule has 2 aromatic rings. The van der Waals surface area contributed by atoms with E-state index in [0.717, 1.165) is 28.6 Å². The Labute approximate surface area is 123 Å². The minimum Gasteiger partial charge on any atom is -0.497 e. The molecule has 0 radical (unpaired) electrons. The molecule has 1 N–H and O–H groups in total. The van der Waals surface area contributed by atoms with Crippen LogP contribution in [-0.2, 0) is 13.6 Å². The summed E-state index contributed by atoms with van der Waals surface area (Å²) in [5.41, 5.74) is 2.75. The van der Waals surface area contributed by atoms with Crippen molar-refractivity contribution in [3.8, 4) is 11.6 Å². The summed E-state index contributed by atoms with van der Waals surface area (Å²) in [7, 11) is 5.12. The van der Waals surface area contributed by atoms with Crippen LogP contribution in [0.4, 0.5) is 5.69 Å². The molecule has 20 heavy (non-hydrogen) atoms. The number of nitrogens with zero attached hydrogens (tertiary/aromatic N) is 2. The fourth-order valence-electron chi connectivity index (χ4n) is 2.09. The van der Waals surface area contributed by atoms with Crippen molar-refractivity contribution in [3.05, 3.63) is 34.5 Å². The van der Waals surface area contributed by atoms with Crippen LogP contribution in [0.3, 0.4) is 0 Å². The summed E-state index contributed by atoms with van der Waals surface area (Å²) in [5, 5.41) is 8.28. The lowest BCUT2D eigenvalue weighted by Gasteiger charge is -2.11. The number of benzene rings is 1. The van der Waals surface area contributed by atoms with Gasteiger partial charge in [-0.1, -0.05) is 11.6 Å². The quantitative estimate of drug-likeness (QED) is 0.921. The van der Waals surface area contributed by atoms with Crippen LogP contribution < -0.4 is 14.8 Å². The Hall–Kier alpha value is -1.88. The van der Waals surface area contributed by atoms with Crippen LogP contribution in [0.15, 0.2) is 18.2 Å². The molecule has 6 heteroatoms. The molecule has 108 valence electrons. The monoisotopic (exact) mass is 295 g/mol. The molecular weight excluding hydrogens is 278 g/mol. The molecule has 2 rings (SSSR count). The van der Waals surface area contributed by atoms with E-state index in [0.29, 0.717) is 11.6 Å². The van der Waals surface area contributed by atoms with Crippen molar-refractivity contribution in [2.75, 3.05) is 19.5 Å². The molecule has 0 saturated carbocycles. The van der Waals surface area contributed by atoms with Gasteiger partial charge in [0, 0.05) is 19.7 Å². The molecule has 0 spiro atoms. The number of rotatable bonds is 5. The predicted molar refractivity (Wildman–Crippen MR) is 79.8 cm³/mol. The van der Waals surface area contributed by atoms with E-state index >= 15 is 0 Å². The topological polar surface area (TPSA) is 48.3 Å². The molecule has 1 aromatic heterocycles. The standard InChI is InChI=1S/C14H18ClN3O2/c1-9-11(14(20-4)18(2)17-9)8-16-13-7-10(19-3)5-6-12(13)15/h5-7,16H,8H2,1-4H3. The van der Waals surface area contributed by atoms with Gasteiger partial charge < -0.3 is 14.8 Å². The summed E-state index contributed by atoms with van der Waals surface area (Å²) in [5.74, 6) is 1.50. The second-order valence-electron chi connectivity index (χ2n) is 4.40. The molecule has 1 heterocycles. The highest BCUT2D eigenvalue weighted by Gasteiger charge is 2.14. The van der Waals surface area contributed by atoms with Crippen LogP contribution in [0, 0.1) is 6.92 Å². The Kier molecular flexibility index (Phi) is 4.39. The van der Waals surface area contributed by atoms with Crippen molar-refractivity contribution in [1.29, 1.82) is 0 Å². The van der Waals surface area contributed by atoms with Gasteiger partial charge in [0.05, 0.1) is 36.2 Å². The fourth-order valence-corrected chi connectivity index (χ4v) is 2.27. The third kappa shape index (κ3) is 2.82. The zero-order valence-electron chi connectivity index (χ0n) is 12.0. The molecule has 0 saturated heterocycles. The third-order valence-electron chi connectivity index (χ3n) is 3.11. The maximum absolute atomic E-state index is 6.17. The third-order valence-corrected chi connectivity index (χ3v) is 3.44. The number of halogens is 1. The molecule has 0 bridgehead atoms. The first kappa shape index (κ1) is 14.5. The summed E-state index contributed by atoms with van der Waals surface area (Å²) in [4.78, 5) is 0.